The number of hydrogen-bond donors (Lipinski definition) is 1. The van der Waals surface area contributed by atoms with E-state index in [1.54, 1.807) is 11.8 Å². The molecule has 18 heavy (non-hydrogen) atoms. The van der Waals surface area contributed by atoms with E-state index < -0.39 is 0 Å². The number of rotatable bonds is 9. The van der Waals surface area contributed by atoms with Gasteiger partial charge in [0.25, 0.3) is 0 Å². The van der Waals surface area contributed by atoms with E-state index in [9.17, 15) is 0 Å². The van der Waals surface area contributed by atoms with Crippen molar-refractivity contribution in [3.05, 3.63) is 11.7 Å². The largest absolute Gasteiger partial charge is 0.370 e. The third kappa shape index (κ3) is 4.59. The van der Waals surface area contributed by atoms with Gasteiger partial charge in [0, 0.05) is 6.61 Å². The highest BCUT2D eigenvalue weighted by Gasteiger charge is 2.20. The summed E-state index contributed by atoms with van der Waals surface area (Å²) in [6.45, 7) is 4.72. The molecule has 1 rings (SSSR count). The Hall–Kier alpha value is -0.590. The maximum Gasteiger partial charge on any atom is 0.243 e. The first kappa shape index (κ1) is 15.5. The van der Waals surface area contributed by atoms with Gasteiger partial charge in [-0.2, -0.15) is 16.7 Å². The summed E-state index contributed by atoms with van der Waals surface area (Å²) >= 11 is 1.76. The molecule has 0 aliphatic carbocycles. The zero-order chi connectivity index (χ0) is 13.4. The Bertz CT molecular complexity index is 327. The predicted octanol–water partition coefficient (Wildman–Crippen LogP) is 2.70. The molecule has 1 unspecified atom stereocenters. The lowest BCUT2D eigenvalue weighted by Crippen LogP contribution is -2.12. The molecule has 1 aromatic rings. The van der Waals surface area contributed by atoms with Crippen LogP contribution in [0.25, 0.3) is 0 Å². The standard InChI is InChI=1S/C12H23N3O2S/c1-4-6-10(16-5-2)11-14-12(17-15-11)9(13)7-8-18-3/h9-10H,4-8,13H2,1-3H3/t9-,10?/m0/s1. The molecule has 0 aromatic carbocycles. The quantitative estimate of drug-likeness (QED) is 0.745. The summed E-state index contributed by atoms with van der Waals surface area (Å²) in [6, 6.07) is -0.178. The number of nitrogens with two attached hydrogens (primary N) is 1. The lowest BCUT2D eigenvalue weighted by molar-refractivity contribution is 0.0477. The molecule has 2 atom stereocenters. The van der Waals surface area contributed by atoms with Crippen LogP contribution in [0.3, 0.4) is 0 Å². The van der Waals surface area contributed by atoms with E-state index in [1.165, 1.54) is 0 Å². The molecule has 0 saturated carbocycles. The molecule has 104 valence electrons. The second-order valence-corrected chi connectivity index (χ2v) is 5.10. The minimum absolute atomic E-state index is 0.0785. The van der Waals surface area contributed by atoms with Crippen molar-refractivity contribution in [3.8, 4) is 0 Å². The molecule has 0 bridgehead atoms. The molecule has 1 aromatic heterocycles. The van der Waals surface area contributed by atoms with Crippen molar-refractivity contribution in [3.63, 3.8) is 0 Å². The van der Waals surface area contributed by atoms with Crippen molar-refractivity contribution in [1.82, 2.24) is 10.1 Å². The van der Waals surface area contributed by atoms with Gasteiger partial charge in [0.2, 0.25) is 11.7 Å². The summed E-state index contributed by atoms with van der Waals surface area (Å²) in [4.78, 5) is 4.36. The fourth-order valence-corrected chi connectivity index (χ4v) is 2.14. The lowest BCUT2D eigenvalue weighted by Gasteiger charge is -2.11. The molecule has 0 spiro atoms. The van der Waals surface area contributed by atoms with Crippen LogP contribution < -0.4 is 5.73 Å². The maximum atomic E-state index is 5.99. The van der Waals surface area contributed by atoms with Gasteiger partial charge < -0.3 is 15.0 Å². The molecule has 0 radical (unpaired) electrons. The molecule has 0 saturated heterocycles. The average molecular weight is 273 g/mol. The monoisotopic (exact) mass is 273 g/mol. The van der Waals surface area contributed by atoms with Gasteiger partial charge in [-0.15, -0.1) is 0 Å². The highest BCUT2D eigenvalue weighted by molar-refractivity contribution is 7.98. The molecule has 6 heteroatoms. The van der Waals surface area contributed by atoms with E-state index in [0.29, 0.717) is 18.3 Å². The molecular formula is C12H23N3O2S. The molecule has 0 amide bonds. The summed E-state index contributed by atoms with van der Waals surface area (Å²) < 4.78 is 10.8. The van der Waals surface area contributed by atoms with E-state index in [-0.39, 0.29) is 12.1 Å². The Morgan fingerprint density at radius 2 is 2.17 bits per heavy atom. The molecule has 5 nitrogen and oxygen atoms in total. The van der Waals surface area contributed by atoms with Gasteiger partial charge in [0.1, 0.15) is 6.10 Å². The number of hydrogen-bond acceptors (Lipinski definition) is 6. The van der Waals surface area contributed by atoms with Gasteiger partial charge in [-0.3, -0.25) is 0 Å². The number of thioether (sulfide) groups is 1. The summed E-state index contributed by atoms with van der Waals surface area (Å²) in [7, 11) is 0. The van der Waals surface area contributed by atoms with Crippen molar-refractivity contribution >= 4 is 11.8 Å². The van der Waals surface area contributed by atoms with Crippen molar-refractivity contribution in [1.29, 1.82) is 0 Å². The number of ether oxygens (including phenoxy) is 1. The third-order valence-corrected chi connectivity index (χ3v) is 3.26. The summed E-state index contributed by atoms with van der Waals surface area (Å²) in [5, 5.41) is 3.98. The predicted molar refractivity (Wildman–Crippen MR) is 73.5 cm³/mol. The summed E-state index contributed by atoms with van der Waals surface area (Å²) in [6.07, 6.45) is 4.74. The van der Waals surface area contributed by atoms with E-state index >= 15 is 0 Å². The number of nitrogens with zero attached hydrogens (tertiary/aromatic N) is 2. The van der Waals surface area contributed by atoms with E-state index in [2.05, 4.69) is 23.3 Å². The summed E-state index contributed by atoms with van der Waals surface area (Å²) in [5.74, 6) is 2.12. The van der Waals surface area contributed by atoms with Crippen LogP contribution in [0.2, 0.25) is 0 Å². The Kier molecular flexibility index (Phi) is 7.31. The topological polar surface area (TPSA) is 74.2 Å². The third-order valence-electron chi connectivity index (χ3n) is 2.61. The van der Waals surface area contributed by atoms with Crippen molar-refractivity contribution < 1.29 is 9.26 Å². The van der Waals surface area contributed by atoms with Crippen molar-refractivity contribution in [2.75, 3.05) is 18.6 Å². The fourth-order valence-electron chi connectivity index (χ4n) is 1.65. The van der Waals surface area contributed by atoms with E-state index in [0.717, 1.165) is 25.0 Å². The Morgan fingerprint density at radius 1 is 1.39 bits per heavy atom. The first-order chi connectivity index (χ1) is 8.72. The zero-order valence-electron chi connectivity index (χ0n) is 11.4. The average Bonchev–Trinajstić information content (AvgIpc) is 2.85. The molecule has 0 aliphatic heterocycles. The van der Waals surface area contributed by atoms with Gasteiger partial charge in [-0.1, -0.05) is 18.5 Å². The van der Waals surface area contributed by atoms with Crippen molar-refractivity contribution in [2.24, 2.45) is 5.73 Å². The second-order valence-electron chi connectivity index (χ2n) is 4.11. The highest BCUT2D eigenvalue weighted by atomic mass is 32.2. The van der Waals surface area contributed by atoms with Crippen LogP contribution in [-0.2, 0) is 4.74 Å². The molecule has 0 fully saturated rings. The lowest BCUT2D eigenvalue weighted by atomic mass is 10.2. The van der Waals surface area contributed by atoms with Crippen LogP contribution in [0, 0.1) is 0 Å². The van der Waals surface area contributed by atoms with Gasteiger partial charge in [-0.25, -0.2) is 0 Å². The first-order valence-electron chi connectivity index (χ1n) is 6.42. The Balaban J connectivity index is 2.64. The van der Waals surface area contributed by atoms with Crippen LogP contribution in [0.15, 0.2) is 4.52 Å². The minimum atomic E-state index is -0.178. The van der Waals surface area contributed by atoms with Crippen LogP contribution >= 0.6 is 11.8 Å². The smallest absolute Gasteiger partial charge is 0.243 e. The zero-order valence-corrected chi connectivity index (χ0v) is 12.2. The van der Waals surface area contributed by atoms with Gasteiger partial charge in [0.05, 0.1) is 6.04 Å². The highest BCUT2D eigenvalue weighted by Crippen LogP contribution is 2.22. The van der Waals surface area contributed by atoms with E-state index in [1.807, 2.05) is 6.92 Å². The summed E-state index contributed by atoms with van der Waals surface area (Å²) in [5.41, 5.74) is 5.99. The van der Waals surface area contributed by atoms with Crippen LogP contribution in [0.4, 0.5) is 0 Å². The SMILES string of the molecule is CCCC(OCC)c1noc([C@@H](N)CCSC)n1. The van der Waals surface area contributed by atoms with Crippen LogP contribution in [0.1, 0.15) is 57.0 Å². The molecule has 2 N–H and O–H groups in total. The van der Waals surface area contributed by atoms with Gasteiger partial charge >= 0.3 is 0 Å². The van der Waals surface area contributed by atoms with Crippen molar-refractivity contribution in [2.45, 2.75) is 45.3 Å². The molecule has 0 aliphatic rings. The number of aromatic nitrogens is 2. The minimum Gasteiger partial charge on any atom is -0.370 e. The van der Waals surface area contributed by atoms with Gasteiger partial charge in [-0.05, 0) is 31.8 Å². The fraction of sp³-hybridized carbons (Fsp3) is 0.833. The first-order valence-corrected chi connectivity index (χ1v) is 7.81. The van der Waals surface area contributed by atoms with Crippen LogP contribution in [-0.4, -0.2) is 28.8 Å². The Morgan fingerprint density at radius 3 is 2.78 bits per heavy atom. The van der Waals surface area contributed by atoms with E-state index in [4.69, 9.17) is 15.0 Å². The second kappa shape index (κ2) is 8.50. The molecule has 1 heterocycles. The normalized spacial score (nSPS) is 14.7. The Labute approximate surface area is 113 Å². The maximum absolute atomic E-state index is 5.99. The van der Waals surface area contributed by atoms with Crippen LogP contribution in [0.5, 0.6) is 0 Å². The molecular weight excluding hydrogens is 250 g/mol. The van der Waals surface area contributed by atoms with Gasteiger partial charge in [0.15, 0.2) is 0 Å².